The molecular formula is C30H31NO7. The molecule has 8 nitrogen and oxygen atoms in total. The Morgan fingerprint density at radius 3 is 2.13 bits per heavy atom. The average Bonchev–Trinajstić information content (AvgIpc) is 2.99. The van der Waals surface area contributed by atoms with Crippen molar-refractivity contribution < 1.29 is 33.3 Å². The van der Waals surface area contributed by atoms with Crippen molar-refractivity contribution in [3.05, 3.63) is 95.6 Å². The molecule has 2 unspecified atom stereocenters. The van der Waals surface area contributed by atoms with Crippen molar-refractivity contribution >= 4 is 17.8 Å². The Morgan fingerprint density at radius 1 is 0.868 bits per heavy atom. The van der Waals surface area contributed by atoms with Gasteiger partial charge in [0.1, 0.15) is 18.1 Å². The van der Waals surface area contributed by atoms with Crippen LogP contribution in [0.2, 0.25) is 0 Å². The van der Waals surface area contributed by atoms with E-state index in [1.165, 1.54) is 4.90 Å². The third-order valence-corrected chi connectivity index (χ3v) is 6.48. The molecule has 0 saturated carbocycles. The third-order valence-electron chi connectivity index (χ3n) is 6.48. The van der Waals surface area contributed by atoms with Crippen LogP contribution in [0, 0.1) is 5.92 Å². The molecule has 0 aliphatic carbocycles. The molecule has 1 heterocycles. The van der Waals surface area contributed by atoms with E-state index < -0.39 is 24.1 Å². The largest absolute Gasteiger partial charge is 0.497 e. The molecule has 1 saturated heterocycles. The first-order valence-electron chi connectivity index (χ1n) is 12.5. The summed E-state index contributed by atoms with van der Waals surface area (Å²) in [5, 5.41) is 0. The molecule has 1 fully saturated rings. The second-order valence-corrected chi connectivity index (χ2v) is 9.01. The van der Waals surface area contributed by atoms with Crippen molar-refractivity contribution in [1.29, 1.82) is 0 Å². The van der Waals surface area contributed by atoms with Crippen LogP contribution in [0.25, 0.3) is 0 Å². The first-order chi connectivity index (χ1) is 18.5. The molecule has 4 rings (SSSR count). The summed E-state index contributed by atoms with van der Waals surface area (Å²) in [6.07, 6.45) is -0.456. The van der Waals surface area contributed by atoms with Crippen molar-refractivity contribution in [2.45, 2.75) is 25.6 Å². The number of Topliss-reactive ketones (excluding diaryl/α,β-unsaturated/α-hetero) is 1. The van der Waals surface area contributed by atoms with E-state index in [0.717, 1.165) is 5.56 Å². The van der Waals surface area contributed by atoms with Crippen LogP contribution in [-0.2, 0) is 20.9 Å². The molecule has 2 atom stereocenters. The van der Waals surface area contributed by atoms with Crippen molar-refractivity contribution in [2.24, 2.45) is 5.92 Å². The van der Waals surface area contributed by atoms with E-state index >= 15 is 0 Å². The number of benzene rings is 3. The molecule has 0 aromatic heterocycles. The first-order valence-corrected chi connectivity index (χ1v) is 12.5. The molecule has 3 aromatic rings. The molecule has 8 heteroatoms. The zero-order chi connectivity index (χ0) is 26.9. The number of ketones is 1. The summed E-state index contributed by atoms with van der Waals surface area (Å²) in [7, 11) is 3.10. The van der Waals surface area contributed by atoms with E-state index in [2.05, 4.69) is 0 Å². The highest BCUT2D eigenvalue weighted by atomic mass is 16.6. The Labute approximate surface area is 222 Å². The van der Waals surface area contributed by atoms with Crippen LogP contribution in [0.5, 0.6) is 11.5 Å². The van der Waals surface area contributed by atoms with Gasteiger partial charge in [0.2, 0.25) is 5.78 Å². The molecule has 1 aliphatic rings. The Balaban J connectivity index is 1.46. The maximum atomic E-state index is 13.5. The Bertz CT molecular complexity index is 1230. The Kier molecular flexibility index (Phi) is 8.98. The smallest absolute Gasteiger partial charge is 0.410 e. The summed E-state index contributed by atoms with van der Waals surface area (Å²) >= 11 is 0. The molecule has 0 bridgehead atoms. The molecule has 198 valence electrons. The predicted octanol–water partition coefficient (Wildman–Crippen LogP) is 5.22. The highest BCUT2D eigenvalue weighted by molar-refractivity contribution is 6.01. The fourth-order valence-corrected chi connectivity index (χ4v) is 4.32. The monoisotopic (exact) mass is 517 g/mol. The molecular weight excluding hydrogens is 486 g/mol. The van der Waals surface area contributed by atoms with Crippen LogP contribution in [0.1, 0.15) is 40.4 Å². The number of esters is 1. The molecule has 0 N–H and O–H groups in total. The topological polar surface area (TPSA) is 91.4 Å². The van der Waals surface area contributed by atoms with Crippen LogP contribution >= 0.6 is 0 Å². The lowest BCUT2D eigenvalue weighted by atomic mass is 9.97. The van der Waals surface area contributed by atoms with Gasteiger partial charge in [-0.3, -0.25) is 9.59 Å². The summed E-state index contributed by atoms with van der Waals surface area (Å²) in [5.74, 6) is -0.236. The average molecular weight is 518 g/mol. The number of piperidine rings is 1. The van der Waals surface area contributed by atoms with Crippen molar-refractivity contribution in [3.63, 3.8) is 0 Å². The van der Waals surface area contributed by atoms with Gasteiger partial charge in [0, 0.05) is 24.2 Å². The van der Waals surface area contributed by atoms with Gasteiger partial charge in [-0.1, -0.05) is 42.5 Å². The summed E-state index contributed by atoms with van der Waals surface area (Å²) in [6.45, 7) is 0.809. The molecule has 1 aliphatic heterocycles. The molecule has 38 heavy (non-hydrogen) atoms. The highest BCUT2D eigenvalue weighted by Crippen LogP contribution is 2.28. The van der Waals surface area contributed by atoms with Gasteiger partial charge in [-0.2, -0.15) is 0 Å². The van der Waals surface area contributed by atoms with Crippen molar-refractivity contribution in [3.8, 4) is 11.5 Å². The number of carbonyl (C=O) groups excluding carboxylic acids is 3. The Hall–Kier alpha value is -4.33. The number of rotatable bonds is 9. The van der Waals surface area contributed by atoms with Crippen LogP contribution < -0.4 is 9.47 Å². The highest BCUT2D eigenvalue weighted by Gasteiger charge is 2.34. The minimum absolute atomic E-state index is 0.154. The number of carbonyl (C=O) groups is 3. The summed E-state index contributed by atoms with van der Waals surface area (Å²) < 4.78 is 21.7. The van der Waals surface area contributed by atoms with E-state index in [1.54, 1.807) is 62.8 Å². The minimum atomic E-state index is -1.15. The fraction of sp³-hybridized carbons (Fsp3) is 0.300. The van der Waals surface area contributed by atoms with E-state index in [-0.39, 0.29) is 18.9 Å². The van der Waals surface area contributed by atoms with Crippen LogP contribution in [0.3, 0.4) is 0 Å². The van der Waals surface area contributed by atoms with E-state index in [9.17, 15) is 14.4 Å². The van der Waals surface area contributed by atoms with Gasteiger partial charge >= 0.3 is 12.1 Å². The zero-order valence-electron chi connectivity index (χ0n) is 21.5. The fourth-order valence-electron chi connectivity index (χ4n) is 4.32. The lowest BCUT2D eigenvalue weighted by Gasteiger charge is -2.31. The molecule has 0 spiro atoms. The van der Waals surface area contributed by atoms with Gasteiger partial charge in [-0.05, 0) is 54.8 Å². The third kappa shape index (κ3) is 6.70. The van der Waals surface area contributed by atoms with E-state index in [0.29, 0.717) is 42.0 Å². The molecule has 0 radical (unpaired) electrons. The molecule has 3 aromatic carbocycles. The van der Waals surface area contributed by atoms with Crippen LogP contribution in [0.4, 0.5) is 4.79 Å². The maximum Gasteiger partial charge on any atom is 0.410 e. The summed E-state index contributed by atoms with van der Waals surface area (Å²) in [6, 6.07) is 22.9. The SMILES string of the molecule is COc1ccc(C(=O)C(OC(=O)C2CCCN(C(=O)OCc3ccccc3)C2)c2ccc(OC)cc2)cc1. The number of methoxy groups -OCH3 is 2. The van der Waals surface area contributed by atoms with Gasteiger partial charge < -0.3 is 23.8 Å². The zero-order valence-corrected chi connectivity index (χ0v) is 21.5. The number of ether oxygens (including phenoxy) is 4. The first kappa shape index (κ1) is 26.7. The van der Waals surface area contributed by atoms with Gasteiger partial charge in [-0.15, -0.1) is 0 Å². The van der Waals surface area contributed by atoms with Gasteiger partial charge in [0.15, 0.2) is 6.10 Å². The van der Waals surface area contributed by atoms with Gasteiger partial charge in [0.25, 0.3) is 0 Å². The van der Waals surface area contributed by atoms with Gasteiger partial charge in [-0.25, -0.2) is 4.79 Å². The summed E-state index contributed by atoms with van der Waals surface area (Å²) in [5.41, 5.74) is 1.79. The van der Waals surface area contributed by atoms with Crippen LogP contribution in [0.15, 0.2) is 78.9 Å². The quantitative estimate of drug-likeness (QED) is 0.284. The standard InChI is InChI=1S/C30H31NO7/c1-35-25-14-10-22(11-15-25)27(32)28(23-12-16-26(36-2)17-13-23)38-29(33)24-9-6-18-31(19-24)30(34)37-20-21-7-4-3-5-8-21/h3-5,7-8,10-17,24,28H,6,9,18-20H2,1-2H3. The lowest BCUT2D eigenvalue weighted by Crippen LogP contribution is -2.43. The lowest BCUT2D eigenvalue weighted by molar-refractivity contribution is -0.154. The minimum Gasteiger partial charge on any atom is -0.497 e. The van der Waals surface area contributed by atoms with Gasteiger partial charge in [0.05, 0.1) is 20.1 Å². The molecule has 1 amide bonds. The van der Waals surface area contributed by atoms with E-state index in [4.69, 9.17) is 18.9 Å². The predicted molar refractivity (Wildman–Crippen MR) is 140 cm³/mol. The summed E-state index contributed by atoms with van der Waals surface area (Å²) in [4.78, 5) is 41.0. The number of hydrogen-bond acceptors (Lipinski definition) is 7. The number of amides is 1. The van der Waals surface area contributed by atoms with Crippen molar-refractivity contribution in [2.75, 3.05) is 27.3 Å². The Morgan fingerprint density at radius 2 is 1.50 bits per heavy atom. The normalized spacial score (nSPS) is 15.7. The maximum absolute atomic E-state index is 13.5. The van der Waals surface area contributed by atoms with Crippen LogP contribution in [-0.4, -0.2) is 50.1 Å². The van der Waals surface area contributed by atoms with E-state index in [1.807, 2.05) is 30.3 Å². The second-order valence-electron chi connectivity index (χ2n) is 9.01. The van der Waals surface area contributed by atoms with Crippen molar-refractivity contribution in [1.82, 2.24) is 4.90 Å². The number of nitrogens with zero attached hydrogens (tertiary/aromatic N) is 1. The number of likely N-dealkylation sites (tertiary alicyclic amines) is 1. The number of hydrogen-bond donors (Lipinski definition) is 0. The second kappa shape index (κ2) is 12.8.